The Morgan fingerprint density at radius 1 is 1.13 bits per heavy atom. The molecule has 10 nitrogen and oxygen atoms in total. The number of piperazine rings is 1. The lowest BCUT2D eigenvalue weighted by Gasteiger charge is -2.34. The molecule has 1 aliphatic rings. The van der Waals surface area contributed by atoms with Crippen LogP contribution in [0.1, 0.15) is 10.6 Å². The fourth-order valence-electron chi connectivity index (χ4n) is 3.27. The lowest BCUT2D eigenvalue weighted by atomic mass is 10.2. The molecule has 4 rings (SSSR count). The smallest absolute Gasteiger partial charge is 0.289 e. The van der Waals surface area contributed by atoms with Gasteiger partial charge in [0.25, 0.3) is 5.91 Å². The van der Waals surface area contributed by atoms with Gasteiger partial charge in [0.2, 0.25) is 5.95 Å². The predicted molar refractivity (Wildman–Crippen MR) is 112 cm³/mol. The number of carbonyl (C=O) groups is 1. The van der Waals surface area contributed by atoms with Gasteiger partial charge < -0.3 is 29.4 Å². The number of carbonyl (C=O) groups excluding carboxylic acids is 1. The normalized spacial score (nSPS) is 13.6. The maximum Gasteiger partial charge on any atom is 0.289 e. The second kappa shape index (κ2) is 9.51. The summed E-state index contributed by atoms with van der Waals surface area (Å²) in [6.07, 6.45) is 1.50. The van der Waals surface area contributed by atoms with Gasteiger partial charge in [-0.2, -0.15) is 4.98 Å². The van der Waals surface area contributed by atoms with Crippen molar-refractivity contribution in [2.24, 2.45) is 0 Å². The number of nitrogens with two attached hydrogens (primary N) is 1. The van der Waals surface area contributed by atoms with E-state index in [2.05, 4.69) is 21.8 Å². The number of hydrogen-bond donors (Lipinski definition) is 2. The van der Waals surface area contributed by atoms with E-state index < -0.39 is 0 Å². The zero-order valence-corrected chi connectivity index (χ0v) is 17.3. The summed E-state index contributed by atoms with van der Waals surface area (Å²) in [5.74, 6) is 2.29. The van der Waals surface area contributed by atoms with Crippen LogP contribution in [0.5, 0.6) is 11.5 Å². The summed E-state index contributed by atoms with van der Waals surface area (Å²) in [4.78, 5) is 25.3. The SMILES string of the molecule is COc1cc2nc(N3CCN(C(=O)c4ccco4)CC3)nc(N)c2cc1OC.OCl. The van der Waals surface area contributed by atoms with E-state index in [0.29, 0.717) is 66.1 Å². The number of methoxy groups -OCH3 is 2. The molecule has 2 aromatic heterocycles. The van der Waals surface area contributed by atoms with Crippen LogP contribution in [0.2, 0.25) is 0 Å². The number of benzene rings is 1. The number of furan rings is 1. The summed E-state index contributed by atoms with van der Waals surface area (Å²) in [5, 5.41) is 0.702. The van der Waals surface area contributed by atoms with Crippen molar-refractivity contribution in [1.29, 1.82) is 0 Å². The molecule has 3 N–H and O–H groups in total. The van der Waals surface area contributed by atoms with Gasteiger partial charge in [-0.05, 0) is 18.2 Å². The van der Waals surface area contributed by atoms with Crippen molar-refractivity contribution in [3.05, 3.63) is 36.3 Å². The van der Waals surface area contributed by atoms with Crippen molar-refractivity contribution in [3.8, 4) is 11.5 Å². The van der Waals surface area contributed by atoms with Gasteiger partial charge in [0, 0.05) is 37.6 Å². The third-order valence-electron chi connectivity index (χ3n) is 4.80. The van der Waals surface area contributed by atoms with Crippen LogP contribution in [0.4, 0.5) is 11.8 Å². The average molecular weight is 436 g/mol. The Kier molecular flexibility index (Phi) is 6.80. The van der Waals surface area contributed by atoms with E-state index in [0.717, 1.165) is 0 Å². The molecule has 0 saturated carbocycles. The molecule has 0 radical (unpaired) electrons. The molecule has 0 spiro atoms. The molecule has 1 aliphatic heterocycles. The van der Waals surface area contributed by atoms with E-state index in [-0.39, 0.29) is 5.91 Å². The molecule has 1 fully saturated rings. The molecule has 11 heteroatoms. The summed E-state index contributed by atoms with van der Waals surface area (Å²) < 4.78 is 22.3. The van der Waals surface area contributed by atoms with Crippen LogP contribution in [-0.4, -0.2) is 65.8 Å². The number of rotatable bonds is 4. The van der Waals surface area contributed by atoms with Gasteiger partial charge in [0.1, 0.15) is 5.82 Å². The van der Waals surface area contributed by atoms with E-state index in [9.17, 15) is 4.79 Å². The first-order valence-corrected chi connectivity index (χ1v) is 9.38. The van der Waals surface area contributed by atoms with Crippen LogP contribution in [0.3, 0.4) is 0 Å². The molecule has 30 heavy (non-hydrogen) atoms. The Balaban J connectivity index is 0.00000124. The van der Waals surface area contributed by atoms with E-state index in [1.807, 2.05) is 4.90 Å². The van der Waals surface area contributed by atoms with Crippen LogP contribution < -0.4 is 20.1 Å². The number of ether oxygens (including phenoxy) is 2. The number of fused-ring (bicyclic) bond motifs is 1. The highest BCUT2D eigenvalue weighted by atomic mass is 35.5. The molecule has 3 heterocycles. The van der Waals surface area contributed by atoms with Crippen molar-refractivity contribution in [3.63, 3.8) is 0 Å². The summed E-state index contributed by atoms with van der Waals surface area (Å²) in [6, 6.07) is 6.93. The summed E-state index contributed by atoms with van der Waals surface area (Å²) in [6.45, 7) is 2.30. The van der Waals surface area contributed by atoms with Crippen molar-refractivity contribution in [2.75, 3.05) is 51.0 Å². The minimum Gasteiger partial charge on any atom is -0.493 e. The molecular formula is C19H22ClN5O5. The lowest BCUT2D eigenvalue weighted by molar-refractivity contribution is 0.0714. The first kappa shape index (κ1) is 21.5. The number of anilines is 2. The highest BCUT2D eigenvalue weighted by molar-refractivity contribution is 6.04. The Hall–Kier alpha value is -3.24. The maximum atomic E-state index is 12.4. The second-order valence-corrected chi connectivity index (χ2v) is 6.39. The van der Waals surface area contributed by atoms with Crippen molar-refractivity contribution in [1.82, 2.24) is 14.9 Å². The largest absolute Gasteiger partial charge is 0.493 e. The number of nitrogen functional groups attached to an aromatic ring is 1. The summed E-state index contributed by atoms with van der Waals surface area (Å²) >= 11 is 3.64. The highest BCUT2D eigenvalue weighted by Crippen LogP contribution is 2.34. The summed E-state index contributed by atoms with van der Waals surface area (Å²) in [7, 11) is 3.14. The van der Waals surface area contributed by atoms with Crippen LogP contribution in [0.25, 0.3) is 10.9 Å². The van der Waals surface area contributed by atoms with Crippen molar-refractivity contribution < 1.29 is 23.3 Å². The van der Waals surface area contributed by atoms with Gasteiger partial charge in [0.15, 0.2) is 17.3 Å². The quantitative estimate of drug-likeness (QED) is 0.631. The van der Waals surface area contributed by atoms with Gasteiger partial charge in [-0.25, -0.2) is 4.98 Å². The van der Waals surface area contributed by atoms with Gasteiger partial charge in [0.05, 0.1) is 37.9 Å². The molecule has 0 atom stereocenters. The molecule has 1 saturated heterocycles. The Morgan fingerprint density at radius 3 is 2.40 bits per heavy atom. The minimum atomic E-state index is -0.111. The predicted octanol–water partition coefficient (Wildman–Crippen LogP) is 1.92. The zero-order chi connectivity index (χ0) is 21.7. The van der Waals surface area contributed by atoms with E-state index in [4.69, 9.17) is 24.3 Å². The first-order chi connectivity index (χ1) is 14.6. The molecule has 1 amide bonds. The minimum absolute atomic E-state index is 0.111. The highest BCUT2D eigenvalue weighted by Gasteiger charge is 2.25. The van der Waals surface area contributed by atoms with Crippen LogP contribution in [0, 0.1) is 0 Å². The number of amides is 1. The fraction of sp³-hybridized carbons (Fsp3) is 0.316. The number of aromatic nitrogens is 2. The molecule has 0 bridgehead atoms. The molecule has 0 unspecified atom stereocenters. The lowest BCUT2D eigenvalue weighted by Crippen LogP contribution is -2.49. The van der Waals surface area contributed by atoms with Gasteiger partial charge in [-0.1, -0.05) is 0 Å². The Labute approximate surface area is 177 Å². The average Bonchev–Trinajstić information content (AvgIpc) is 3.34. The van der Waals surface area contributed by atoms with Crippen LogP contribution in [0.15, 0.2) is 34.9 Å². The van der Waals surface area contributed by atoms with Gasteiger partial charge >= 0.3 is 0 Å². The topological polar surface area (TPSA) is 127 Å². The van der Waals surface area contributed by atoms with Gasteiger partial charge in [-0.3, -0.25) is 9.45 Å². The molecule has 1 aromatic carbocycles. The number of nitrogens with zero attached hydrogens (tertiary/aromatic N) is 4. The Morgan fingerprint density at radius 2 is 1.80 bits per heavy atom. The molecule has 160 valence electrons. The monoisotopic (exact) mass is 435 g/mol. The van der Waals surface area contributed by atoms with Crippen LogP contribution in [-0.2, 0) is 0 Å². The molecule has 3 aromatic rings. The van der Waals surface area contributed by atoms with Crippen LogP contribution >= 0.6 is 11.9 Å². The third-order valence-corrected chi connectivity index (χ3v) is 4.80. The Bertz CT molecular complexity index is 1010. The molecule has 0 aliphatic carbocycles. The molecular weight excluding hydrogens is 414 g/mol. The number of halogens is 1. The standard InChI is InChI=1S/C19H21N5O4.ClHO/c1-26-15-10-12-13(11-16(15)27-2)21-19(22-17(12)20)24-7-5-23(6-8-24)18(25)14-4-3-9-28-14;1-2/h3-4,9-11H,5-8H2,1-2H3,(H2,20,21,22);2H. The third kappa shape index (κ3) is 4.19. The van der Waals surface area contributed by atoms with E-state index in [1.165, 1.54) is 6.26 Å². The van der Waals surface area contributed by atoms with E-state index in [1.54, 1.807) is 43.4 Å². The summed E-state index contributed by atoms with van der Waals surface area (Å²) in [5.41, 5.74) is 6.84. The van der Waals surface area contributed by atoms with E-state index >= 15 is 0 Å². The first-order valence-electron chi connectivity index (χ1n) is 9.04. The zero-order valence-electron chi connectivity index (χ0n) is 16.5. The van der Waals surface area contributed by atoms with Crippen molar-refractivity contribution >= 4 is 40.4 Å². The van der Waals surface area contributed by atoms with Gasteiger partial charge in [-0.15, -0.1) is 0 Å². The van der Waals surface area contributed by atoms with Crippen molar-refractivity contribution in [2.45, 2.75) is 0 Å². The maximum absolute atomic E-state index is 12.4. The fourth-order valence-corrected chi connectivity index (χ4v) is 3.27. The second-order valence-electron chi connectivity index (χ2n) is 6.39. The number of hydrogen-bond acceptors (Lipinski definition) is 9.